The molecule has 0 aliphatic carbocycles. The van der Waals surface area contributed by atoms with Gasteiger partial charge in [0, 0.05) is 31.7 Å². The topological polar surface area (TPSA) is 111 Å². The van der Waals surface area contributed by atoms with Crippen LogP contribution in [0.5, 0.6) is 23.0 Å². The number of nitrogens with zero attached hydrogens (tertiary/aromatic N) is 2. The van der Waals surface area contributed by atoms with Crippen molar-refractivity contribution in [3.05, 3.63) is 47.5 Å². The van der Waals surface area contributed by atoms with Crippen molar-refractivity contribution in [2.24, 2.45) is 0 Å². The van der Waals surface area contributed by atoms with Gasteiger partial charge in [-0.1, -0.05) is 26.0 Å². The number of rotatable bonds is 5. The van der Waals surface area contributed by atoms with Crippen LogP contribution in [0.25, 0.3) is 0 Å². The fourth-order valence-electron chi connectivity index (χ4n) is 3.69. The van der Waals surface area contributed by atoms with E-state index in [9.17, 15) is 24.9 Å². The average molecular weight is 443 g/mol. The first-order valence-electron chi connectivity index (χ1n) is 10.8. The molecular weight excluding hydrogens is 412 g/mol. The molecule has 1 aliphatic heterocycles. The van der Waals surface area contributed by atoms with E-state index < -0.39 is 23.4 Å². The quantitative estimate of drug-likeness (QED) is 0.614. The summed E-state index contributed by atoms with van der Waals surface area (Å²) < 4.78 is 5.84. The Hall–Kier alpha value is -3.42. The Bertz CT molecular complexity index is 950. The van der Waals surface area contributed by atoms with E-state index >= 15 is 0 Å². The van der Waals surface area contributed by atoms with Gasteiger partial charge in [0.1, 0.15) is 5.75 Å². The average Bonchev–Trinajstić information content (AvgIpc) is 3.02. The van der Waals surface area contributed by atoms with Crippen LogP contribution in [0.3, 0.4) is 0 Å². The van der Waals surface area contributed by atoms with Gasteiger partial charge in [0.05, 0.1) is 0 Å². The van der Waals surface area contributed by atoms with Gasteiger partial charge in [-0.2, -0.15) is 0 Å². The highest BCUT2D eigenvalue weighted by molar-refractivity contribution is 5.95. The highest BCUT2D eigenvalue weighted by atomic mass is 16.5. The minimum atomic E-state index is -0.665. The number of ether oxygens (including phenoxy) is 1. The van der Waals surface area contributed by atoms with E-state index in [0.29, 0.717) is 44.3 Å². The largest absolute Gasteiger partial charge is 0.504 e. The first-order valence-corrected chi connectivity index (χ1v) is 10.8. The normalized spacial score (nSPS) is 15.4. The number of phenols is 3. The number of hydrogen-bond acceptors (Lipinski definition) is 6. The first-order chi connectivity index (χ1) is 15.2. The number of carbonyl (C=O) groups excluding carboxylic acids is 2. The number of benzene rings is 2. The van der Waals surface area contributed by atoms with Crippen LogP contribution in [0.2, 0.25) is 0 Å². The molecule has 8 nitrogen and oxygen atoms in total. The predicted octanol–water partition coefficient (Wildman–Crippen LogP) is 3.07. The highest BCUT2D eigenvalue weighted by Gasteiger charge is 2.27. The summed E-state index contributed by atoms with van der Waals surface area (Å²) in [5, 5.41) is 28.8. The van der Waals surface area contributed by atoms with Crippen LogP contribution < -0.4 is 4.74 Å². The van der Waals surface area contributed by atoms with Crippen molar-refractivity contribution < 1.29 is 29.6 Å². The maximum absolute atomic E-state index is 12.9. The lowest BCUT2D eigenvalue weighted by atomic mass is 10.0. The van der Waals surface area contributed by atoms with Crippen LogP contribution in [0.4, 0.5) is 0 Å². The Morgan fingerprint density at radius 2 is 1.44 bits per heavy atom. The molecule has 2 amide bonds. The second kappa shape index (κ2) is 9.80. The van der Waals surface area contributed by atoms with Crippen molar-refractivity contribution in [1.29, 1.82) is 0 Å². The lowest BCUT2D eigenvalue weighted by Gasteiger charge is -2.25. The van der Waals surface area contributed by atoms with Gasteiger partial charge >= 0.3 is 0 Å². The monoisotopic (exact) mass is 442 g/mol. The molecule has 1 fully saturated rings. The molecule has 0 radical (unpaired) electrons. The van der Waals surface area contributed by atoms with Gasteiger partial charge < -0.3 is 29.9 Å². The molecule has 1 atom stereocenters. The standard InChI is InChI=1S/C24H30N2O6/c1-15(2)17-5-7-19(8-6-17)32-16(3)23(30)25-9-4-10-26(12-11-25)24(31)18-13-20(27)22(29)21(28)14-18/h5-8,13-16,27-29H,4,9-12H2,1-3H3. The lowest BCUT2D eigenvalue weighted by Crippen LogP contribution is -2.43. The molecule has 2 aromatic carbocycles. The van der Waals surface area contributed by atoms with Crippen molar-refractivity contribution in [3.63, 3.8) is 0 Å². The molecule has 0 bridgehead atoms. The van der Waals surface area contributed by atoms with Gasteiger partial charge in [-0.15, -0.1) is 0 Å². The van der Waals surface area contributed by atoms with Gasteiger partial charge in [0.15, 0.2) is 23.4 Å². The van der Waals surface area contributed by atoms with Gasteiger partial charge in [-0.05, 0) is 49.1 Å². The molecule has 3 rings (SSSR count). The summed E-state index contributed by atoms with van der Waals surface area (Å²) in [7, 11) is 0. The molecule has 0 spiro atoms. The van der Waals surface area contributed by atoms with E-state index in [1.807, 2.05) is 24.3 Å². The van der Waals surface area contributed by atoms with Crippen LogP contribution in [-0.4, -0.2) is 69.2 Å². The second-order valence-corrected chi connectivity index (χ2v) is 8.32. The van der Waals surface area contributed by atoms with Crippen LogP contribution in [-0.2, 0) is 4.79 Å². The zero-order chi connectivity index (χ0) is 23.4. The smallest absolute Gasteiger partial charge is 0.263 e. The van der Waals surface area contributed by atoms with Crippen molar-refractivity contribution in [2.75, 3.05) is 26.2 Å². The molecule has 1 saturated heterocycles. The third-order valence-electron chi connectivity index (χ3n) is 5.62. The molecule has 0 saturated carbocycles. The number of phenolic OH excluding ortho intramolecular Hbond substituents is 3. The Kier molecular flexibility index (Phi) is 7.12. The molecule has 32 heavy (non-hydrogen) atoms. The molecule has 2 aromatic rings. The van der Waals surface area contributed by atoms with Crippen LogP contribution >= 0.6 is 0 Å². The molecule has 172 valence electrons. The molecule has 1 heterocycles. The van der Waals surface area contributed by atoms with E-state index in [1.165, 1.54) is 5.56 Å². The van der Waals surface area contributed by atoms with Gasteiger partial charge in [0.2, 0.25) is 0 Å². The summed E-state index contributed by atoms with van der Waals surface area (Å²) in [5.74, 6) is -1.28. The third kappa shape index (κ3) is 5.25. The lowest BCUT2D eigenvalue weighted by molar-refractivity contribution is -0.137. The van der Waals surface area contributed by atoms with Gasteiger partial charge in [-0.25, -0.2) is 0 Å². The van der Waals surface area contributed by atoms with Crippen molar-refractivity contribution in [3.8, 4) is 23.0 Å². The minimum absolute atomic E-state index is 0.0686. The van der Waals surface area contributed by atoms with Gasteiger partial charge in [0.25, 0.3) is 11.8 Å². The fraction of sp³-hybridized carbons (Fsp3) is 0.417. The number of hydrogen-bond donors (Lipinski definition) is 3. The summed E-state index contributed by atoms with van der Waals surface area (Å²) in [6.45, 7) is 7.52. The summed E-state index contributed by atoms with van der Waals surface area (Å²) in [6.07, 6.45) is -0.0725. The second-order valence-electron chi connectivity index (χ2n) is 8.32. The summed E-state index contributed by atoms with van der Waals surface area (Å²) in [6, 6.07) is 9.95. The Balaban J connectivity index is 1.60. The maximum Gasteiger partial charge on any atom is 0.263 e. The zero-order valence-electron chi connectivity index (χ0n) is 18.6. The summed E-state index contributed by atoms with van der Waals surface area (Å²) >= 11 is 0. The first kappa shape index (κ1) is 23.2. The van der Waals surface area contributed by atoms with Crippen molar-refractivity contribution >= 4 is 11.8 Å². The van der Waals surface area contributed by atoms with E-state index in [-0.39, 0.29) is 17.4 Å². The van der Waals surface area contributed by atoms with Crippen molar-refractivity contribution in [2.45, 2.75) is 39.2 Å². The number of carbonyl (C=O) groups is 2. The molecule has 1 aliphatic rings. The van der Waals surface area contributed by atoms with Gasteiger partial charge in [-0.3, -0.25) is 9.59 Å². The maximum atomic E-state index is 12.9. The van der Waals surface area contributed by atoms with Crippen LogP contribution in [0.15, 0.2) is 36.4 Å². The zero-order valence-corrected chi connectivity index (χ0v) is 18.6. The van der Waals surface area contributed by atoms with E-state index in [2.05, 4.69) is 13.8 Å². The molecule has 3 N–H and O–H groups in total. The van der Waals surface area contributed by atoms with E-state index in [4.69, 9.17) is 4.74 Å². The molecule has 0 aromatic heterocycles. The van der Waals surface area contributed by atoms with E-state index in [1.54, 1.807) is 16.7 Å². The van der Waals surface area contributed by atoms with Crippen molar-refractivity contribution in [1.82, 2.24) is 9.80 Å². The minimum Gasteiger partial charge on any atom is -0.504 e. The number of amides is 2. The Morgan fingerprint density at radius 1 is 0.875 bits per heavy atom. The van der Waals surface area contributed by atoms with Crippen LogP contribution in [0, 0.1) is 0 Å². The molecule has 1 unspecified atom stereocenters. The highest BCUT2D eigenvalue weighted by Crippen LogP contribution is 2.35. The van der Waals surface area contributed by atoms with E-state index in [0.717, 1.165) is 12.1 Å². The van der Waals surface area contributed by atoms with Crippen LogP contribution in [0.1, 0.15) is 49.0 Å². The predicted molar refractivity (Wildman–Crippen MR) is 119 cm³/mol. The third-order valence-corrected chi connectivity index (χ3v) is 5.62. The summed E-state index contributed by atoms with van der Waals surface area (Å²) in [5.41, 5.74) is 1.27. The fourth-order valence-corrected chi connectivity index (χ4v) is 3.69. The Labute approximate surface area is 187 Å². The SMILES string of the molecule is CC(Oc1ccc(C(C)C)cc1)C(=O)N1CCCN(C(=O)c2cc(O)c(O)c(O)c2)CC1. The molecular formula is C24H30N2O6. The number of aromatic hydroxyl groups is 3. The Morgan fingerprint density at radius 3 is 2.03 bits per heavy atom. The molecule has 8 heteroatoms. The summed E-state index contributed by atoms with van der Waals surface area (Å²) in [4.78, 5) is 28.9.